The third kappa shape index (κ3) is 4.33. The number of hydrogen-bond donors (Lipinski definition) is 1. The second kappa shape index (κ2) is 8.57. The Balaban J connectivity index is 3.61. The molecule has 21 heteroatoms. The Morgan fingerprint density at radius 3 is 1.33 bits per heavy atom. The van der Waals surface area contributed by atoms with Crippen molar-refractivity contribution < 1.29 is 89.3 Å². The molecule has 0 aromatic heterocycles. The van der Waals surface area contributed by atoms with Gasteiger partial charge in [0.2, 0.25) is 0 Å². The quantitative estimate of drug-likeness (QED) is 0.305. The molecule has 0 saturated heterocycles. The van der Waals surface area contributed by atoms with E-state index < -0.39 is 70.1 Å². The Morgan fingerprint density at radius 1 is 0.639 bits per heavy atom. The van der Waals surface area contributed by atoms with E-state index in [0.717, 1.165) is 0 Å². The van der Waals surface area contributed by atoms with Gasteiger partial charge in [0.1, 0.15) is 5.75 Å². The number of benzene rings is 1. The minimum atomic E-state index is -8.76. The Morgan fingerprint density at radius 2 is 1.00 bits per heavy atom. The molecule has 0 atom stereocenters. The van der Waals surface area contributed by atoms with Crippen LogP contribution >= 0.6 is 11.6 Å². The fraction of sp³-hybridized carbons (Fsp3) is 0.533. The number of ether oxygens (including phenoxy) is 1. The summed E-state index contributed by atoms with van der Waals surface area (Å²) < 4.78 is 227. The third-order valence-electron chi connectivity index (χ3n) is 4.11. The lowest BCUT2D eigenvalue weighted by molar-refractivity contribution is -0.471. The van der Waals surface area contributed by atoms with Crippen LogP contribution in [-0.4, -0.2) is 58.9 Å². The van der Waals surface area contributed by atoms with Crippen LogP contribution in [-0.2, 0) is 0 Å². The highest BCUT2D eigenvalue weighted by Gasteiger charge is 2.95. The lowest BCUT2D eigenvalue weighted by Crippen LogP contribution is -2.74. The van der Waals surface area contributed by atoms with Crippen molar-refractivity contribution in [2.45, 2.75) is 47.8 Å². The van der Waals surface area contributed by atoms with Gasteiger partial charge in [0, 0.05) is 0 Å². The highest BCUT2D eigenvalue weighted by Crippen LogP contribution is 2.64. The van der Waals surface area contributed by atoms with Crippen LogP contribution in [0.3, 0.4) is 0 Å². The summed E-state index contributed by atoms with van der Waals surface area (Å²) in [6, 6.07) is 0.283. The van der Waals surface area contributed by atoms with Gasteiger partial charge in [-0.05, 0) is 18.2 Å². The predicted molar refractivity (Wildman–Crippen MR) is 79.7 cm³/mol. The van der Waals surface area contributed by atoms with Crippen molar-refractivity contribution in [1.82, 2.24) is 0 Å². The molecule has 0 fully saturated rings. The van der Waals surface area contributed by atoms with Gasteiger partial charge in [-0.3, -0.25) is 0 Å². The van der Waals surface area contributed by atoms with Crippen LogP contribution < -0.4 is 4.74 Å². The molecule has 1 aromatic rings. The van der Waals surface area contributed by atoms with E-state index in [1.54, 1.807) is 0 Å². The van der Waals surface area contributed by atoms with E-state index in [9.17, 15) is 79.4 Å². The lowest BCUT2D eigenvalue weighted by Gasteiger charge is -2.42. The first kappa shape index (κ1) is 31.6. The average molecular weight is 591 g/mol. The summed E-state index contributed by atoms with van der Waals surface area (Å²) >= 11 is 5.15. The van der Waals surface area contributed by atoms with Gasteiger partial charge in [-0.25, -0.2) is 4.79 Å². The van der Waals surface area contributed by atoms with Crippen LogP contribution in [0.2, 0.25) is 5.02 Å². The van der Waals surface area contributed by atoms with Crippen molar-refractivity contribution in [3.63, 3.8) is 0 Å². The van der Waals surface area contributed by atoms with Crippen molar-refractivity contribution in [3.8, 4) is 5.75 Å². The van der Waals surface area contributed by atoms with Crippen molar-refractivity contribution in [2.75, 3.05) is 0 Å². The minimum absolute atomic E-state index is 0.0707. The molecule has 0 unspecified atom stereocenters. The zero-order chi connectivity index (χ0) is 29.1. The zero-order valence-electron chi connectivity index (χ0n) is 15.8. The minimum Gasteiger partial charge on any atom is -0.478 e. The molecule has 0 aliphatic rings. The first-order valence-electron chi connectivity index (χ1n) is 7.98. The maximum atomic E-state index is 13.7. The normalized spacial score (nSPS) is 15.2. The Kier molecular flexibility index (Phi) is 7.53. The summed E-state index contributed by atoms with van der Waals surface area (Å²) in [5, 5.41) is 7.17. The van der Waals surface area contributed by atoms with Gasteiger partial charge in [-0.15, -0.1) is 0 Å². The number of aromatic carboxylic acids is 1. The molecule has 3 nitrogen and oxygen atoms in total. The highest BCUT2D eigenvalue weighted by molar-refractivity contribution is 6.32. The largest absolute Gasteiger partial charge is 0.478 e. The summed E-state index contributed by atoms with van der Waals surface area (Å²) in [7, 11) is 0. The van der Waals surface area contributed by atoms with Crippen LogP contribution in [0.25, 0.3) is 0 Å². The van der Waals surface area contributed by atoms with E-state index in [1.165, 1.54) is 0 Å². The molecule has 0 aliphatic carbocycles. The second-order valence-electron chi connectivity index (χ2n) is 6.51. The topological polar surface area (TPSA) is 46.5 Å². The van der Waals surface area contributed by atoms with Gasteiger partial charge in [0.15, 0.2) is 0 Å². The molecule has 0 radical (unpaired) electrons. The second-order valence-corrected chi connectivity index (χ2v) is 6.92. The monoisotopic (exact) mass is 590 g/mol. The molecule has 0 aliphatic heterocycles. The first-order chi connectivity index (χ1) is 15.5. The van der Waals surface area contributed by atoms with Gasteiger partial charge < -0.3 is 9.84 Å². The molecule has 0 bridgehead atoms. The van der Waals surface area contributed by atoms with E-state index in [2.05, 4.69) is 4.74 Å². The standard InChI is InChI=1S/C15H4ClF17O3/c16-5-3-4(7(34)35)1-2-6(5)36-15(32,33)13(27,28)11(23,24)9(19,20)8(17,18)10(21,22)12(25,26)14(29,30)31/h1-3H,(H,34,35). The van der Waals surface area contributed by atoms with E-state index in [1.807, 2.05) is 0 Å². The SMILES string of the molecule is O=C(O)c1ccc(OC(F)(F)C(F)(F)C(F)(F)C(F)(F)C(F)(F)C(F)(F)C(F)(F)C(F)(F)F)c(Cl)c1. The molecule has 0 spiro atoms. The van der Waals surface area contributed by atoms with Crippen LogP contribution in [0.15, 0.2) is 18.2 Å². The zero-order valence-corrected chi connectivity index (χ0v) is 16.6. The smallest absolute Gasteiger partial charge is 0.471 e. The van der Waals surface area contributed by atoms with Crippen LogP contribution in [0.1, 0.15) is 10.4 Å². The fourth-order valence-electron chi connectivity index (χ4n) is 2.07. The maximum Gasteiger partial charge on any atom is 0.471 e. The van der Waals surface area contributed by atoms with Gasteiger partial charge in [0.25, 0.3) is 0 Å². The van der Waals surface area contributed by atoms with Crippen molar-refractivity contribution in [3.05, 3.63) is 28.8 Å². The fourth-order valence-corrected chi connectivity index (χ4v) is 2.29. The number of carboxylic acids is 1. The van der Waals surface area contributed by atoms with E-state index >= 15 is 0 Å². The van der Waals surface area contributed by atoms with Gasteiger partial charge >= 0.3 is 53.8 Å². The summed E-state index contributed by atoms with van der Waals surface area (Å²) in [5.41, 5.74) is -0.897. The van der Waals surface area contributed by atoms with Crippen LogP contribution in [0.5, 0.6) is 5.75 Å². The van der Waals surface area contributed by atoms with E-state index in [-0.39, 0.29) is 18.2 Å². The number of alkyl halides is 17. The summed E-state index contributed by atoms with van der Waals surface area (Å²) in [5.74, 6) is -54.7. The molecule has 208 valence electrons. The molecule has 0 saturated carbocycles. The first-order valence-corrected chi connectivity index (χ1v) is 8.35. The van der Waals surface area contributed by atoms with Gasteiger partial charge in [-0.1, -0.05) is 11.6 Å². The highest BCUT2D eigenvalue weighted by atomic mass is 35.5. The van der Waals surface area contributed by atoms with Crippen LogP contribution in [0, 0.1) is 0 Å². The lowest BCUT2D eigenvalue weighted by atomic mass is 9.90. The number of carbonyl (C=O) groups is 1. The van der Waals surface area contributed by atoms with Crippen molar-refractivity contribution in [1.29, 1.82) is 0 Å². The number of halogens is 18. The Bertz CT molecular complexity index is 1000. The molecule has 1 aromatic carbocycles. The average Bonchev–Trinajstić information content (AvgIpc) is 2.67. The molecule has 0 amide bonds. The molecule has 36 heavy (non-hydrogen) atoms. The molecular weight excluding hydrogens is 587 g/mol. The Hall–Kier alpha value is -2.41. The summed E-state index contributed by atoms with van der Waals surface area (Å²) in [6.07, 6.45) is -15.0. The number of hydrogen-bond acceptors (Lipinski definition) is 2. The third-order valence-corrected chi connectivity index (χ3v) is 4.41. The molecule has 0 heterocycles. The van der Waals surface area contributed by atoms with Gasteiger partial charge in [0.05, 0.1) is 10.6 Å². The Labute approximate surface area is 190 Å². The van der Waals surface area contributed by atoms with Crippen molar-refractivity contribution in [2.24, 2.45) is 0 Å². The summed E-state index contributed by atoms with van der Waals surface area (Å²) in [6.45, 7) is 0. The van der Waals surface area contributed by atoms with E-state index in [0.29, 0.717) is 0 Å². The van der Waals surface area contributed by atoms with Gasteiger partial charge in [-0.2, -0.15) is 74.6 Å². The number of rotatable bonds is 9. The maximum absolute atomic E-state index is 13.7. The molecule has 1 N–H and O–H groups in total. The molecular formula is C15H4ClF17O3. The van der Waals surface area contributed by atoms with Crippen molar-refractivity contribution >= 4 is 17.6 Å². The predicted octanol–water partition coefficient (Wildman–Crippen LogP) is 7.38. The van der Waals surface area contributed by atoms with E-state index in [4.69, 9.17) is 16.7 Å². The van der Waals surface area contributed by atoms with Crippen LogP contribution in [0.4, 0.5) is 74.6 Å². The molecule has 1 rings (SSSR count). The number of carboxylic acid groups (broad SMARTS) is 1. The summed E-state index contributed by atoms with van der Waals surface area (Å²) in [4.78, 5) is 10.7.